The number of hydrogen-bond acceptors (Lipinski definition) is 2. The monoisotopic (exact) mass is 283 g/mol. The van der Waals surface area contributed by atoms with Crippen LogP contribution in [0.1, 0.15) is 38.1 Å². The lowest BCUT2D eigenvalue weighted by Gasteiger charge is -2.22. The molecule has 19 heavy (non-hydrogen) atoms. The predicted octanol–water partition coefficient (Wildman–Crippen LogP) is 3.62. The number of carbonyl (C=O) groups excluding carboxylic acids is 1. The van der Waals surface area contributed by atoms with Gasteiger partial charge in [-0.15, -0.1) is 11.6 Å². The van der Waals surface area contributed by atoms with Gasteiger partial charge in [0.25, 0.3) is 0 Å². The highest BCUT2D eigenvalue weighted by atomic mass is 35.5. The van der Waals surface area contributed by atoms with Crippen LogP contribution in [0.2, 0.25) is 0 Å². The molecule has 3 nitrogen and oxygen atoms in total. The van der Waals surface area contributed by atoms with Gasteiger partial charge in [-0.25, -0.2) is 0 Å². The summed E-state index contributed by atoms with van der Waals surface area (Å²) in [6, 6.07) is 7.45. The maximum Gasteiger partial charge on any atom is 0.245 e. The average Bonchev–Trinajstić information content (AvgIpc) is 2.45. The Morgan fingerprint density at radius 3 is 2.58 bits per heavy atom. The fraction of sp³-hybridized carbons (Fsp3) is 0.533. The molecule has 0 fully saturated rings. The summed E-state index contributed by atoms with van der Waals surface area (Å²) in [6.45, 7) is 7.96. The minimum Gasteiger partial charge on any atom is -0.494 e. The number of ether oxygens (including phenoxy) is 1. The van der Waals surface area contributed by atoms with E-state index < -0.39 is 5.38 Å². The van der Waals surface area contributed by atoms with Gasteiger partial charge in [0.05, 0.1) is 6.61 Å². The maximum absolute atomic E-state index is 12.2. The molecule has 0 aliphatic carbocycles. The van der Waals surface area contributed by atoms with Gasteiger partial charge in [0.15, 0.2) is 0 Å². The number of likely N-dealkylation sites (N-methyl/N-ethyl adjacent to an activating group) is 1. The Kier molecular flexibility index (Phi) is 6.71. The molecule has 0 aromatic heterocycles. The van der Waals surface area contributed by atoms with E-state index in [2.05, 4.69) is 6.92 Å². The summed E-state index contributed by atoms with van der Waals surface area (Å²) in [6.07, 6.45) is 0.951. The number of benzene rings is 1. The van der Waals surface area contributed by atoms with Crippen molar-refractivity contribution in [2.45, 2.75) is 32.6 Å². The second-order valence-electron chi connectivity index (χ2n) is 4.29. The molecule has 0 spiro atoms. The third-order valence-electron chi connectivity index (χ3n) is 2.92. The fourth-order valence-corrected chi connectivity index (χ4v) is 2.09. The third-order valence-corrected chi connectivity index (χ3v) is 3.35. The van der Waals surface area contributed by atoms with E-state index in [1.165, 1.54) is 0 Å². The molecular weight excluding hydrogens is 262 g/mol. The Balaban J connectivity index is 2.81. The molecule has 1 aromatic carbocycles. The van der Waals surface area contributed by atoms with Crippen LogP contribution in [0.25, 0.3) is 0 Å². The lowest BCUT2D eigenvalue weighted by Crippen LogP contribution is -2.33. The van der Waals surface area contributed by atoms with Gasteiger partial charge in [0.2, 0.25) is 5.91 Å². The molecule has 1 rings (SSSR count). The molecule has 0 N–H and O–H groups in total. The Morgan fingerprint density at radius 1 is 1.32 bits per heavy atom. The van der Waals surface area contributed by atoms with E-state index in [9.17, 15) is 4.79 Å². The van der Waals surface area contributed by atoms with Crippen molar-refractivity contribution in [3.8, 4) is 5.75 Å². The second kappa shape index (κ2) is 8.05. The minimum atomic E-state index is -0.648. The van der Waals surface area contributed by atoms with Crippen LogP contribution in [0, 0.1) is 0 Å². The highest BCUT2D eigenvalue weighted by Crippen LogP contribution is 2.26. The summed E-state index contributed by atoms with van der Waals surface area (Å²) in [7, 11) is 0. The van der Waals surface area contributed by atoms with Crippen molar-refractivity contribution < 1.29 is 9.53 Å². The second-order valence-corrected chi connectivity index (χ2v) is 4.73. The maximum atomic E-state index is 12.2. The molecule has 1 unspecified atom stereocenters. The quantitative estimate of drug-likeness (QED) is 0.715. The lowest BCUT2D eigenvalue weighted by molar-refractivity contribution is -0.130. The average molecular weight is 284 g/mol. The van der Waals surface area contributed by atoms with Crippen LogP contribution < -0.4 is 4.74 Å². The minimum absolute atomic E-state index is 0.0562. The Bertz CT molecular complexity index is 405. The van der Waals surface area contributed by atoms with Crippen LogP contribution >= 0.6 is 11.6 Å². The summed E-state index contributed by atoms with van der Waals surface area (Å²) < 4.78 is 5.56. The lowest BCUT2D eigenvalue weighted by atomic mass is 10.1. The first-order chi connectivity index (χ1) is 9.13. The standard InChI is InChI=1S/C15H22ClNO2/c1-4-10-19-13-9-7-8-12(11-13)14(16)15(18)17(5-2)6-3/h7-9,11,14H,4-6,10H2,1-3H3. The SMILES string of the molecule is CCCOc1cccc(C(Cl)C(=O)N(CC)CC)c1. The van der Waals surface area contributed by atoms with Crippen molar-refractivity contribution in [3.63, 3.8) is 0 Å². The van der Waals surface area contributed by atoms with Gasteiger partial charge < -0.3 is 9.64 Å². The van der Waals surface area contributed by atoms with Gasteiger partial charge in [-0.2, -0.15) is 0 Å². The summed E-state index contributed by atoms with van der Waals surface area (Å²) in [5, 5.41) is -0.648. The molecule has 0 saturated heterocycles. The van der Waals surface area contributed by atoms with Crippen LogP contribution in [-0.4, -0.2) is 30.5 Å². The van der Waals surface area contributed by atoms with Crippen LogP contribution in [0.3, 0.4) is 0 Å². The number of hydrogen-bond donors (Lipinski definition) is 0. The van der Waals surface area contributed by atoms with E-state index in [0.29, 0.717) is 19.7 Å². The topological polar surface area (TPSA) is 29.5 Å². The molecular formula is C15H22ClNO2. The molecule has 106 valence electrons. The highest BCUT2D eigenvalue weighted by molar-refractivity contribution is 6.30. The van der Waals surface area contributed by atoms with Crippen molar-refractivity contribution in [1.82, 2.24) is 4.90 Å². The largest absolute Gasteiger partial charge is 0.494 e. The van der Waals surface area contributed by atoms with Crippen LogP contribution in [0.5, 0.6) is 5.75 Å². The summed E-state index contributed by atoms with van der Waals surface area (Å²) in [4.78, 5) is 13.9. The molecule has 0 heterocycles. The fourth-order valence-electron chi connectivity index (χ4n) is 1.82. The number of amides is 1. The van der Waals surface area contributed by atoms with Crippen LogP contribution in [0.4, 0.5) is 0 Å². The van der Waals surface area contributed by atoms with Gasteiger partial charge >= 0.3 is 0 Å². The molecule has 0 bridgehead atoms. The zero-order valence-corrected chi connectivity index (χ0v) is 12.6. The molecule has 4 heteroatoms. The molecule has 0 aliphatic rings. The Morgan fingerprint density at radius 2 is 2.00 bits per heavy atom. The summed E-state index contributed by atoms with van der Waals surface area (Å²) >= 11 is 6.27. The van der Waals surface area contributed by atoms with Gasteiger partial charge in [0.1, 0.15) is 11.1 Å². The predicted molar refractivity (Wildman–Crippen MR) is 78.8 cm³/mol. The van der Waals surface area contributed by atoms with Crippen molar-refractivity contribution in [2.75, 3.05) is 19.7 Å². The van der Waals surface area contributed by atoms with E-state index in [-0.39, 0.29) is 5.91 Å². The zero-order chi connectivity index (χ0) is 14.3. The number of nitrogens with zero attached hydrogens (tertiary/aromatic N) is 1. The first-order valence-electron chi connectivity index (χ1n) is 6.79. The van der Waals surface area contributed by atoms with Crippen molar-refractivity contribution in [3.05, 3.63) is 29.8 Å². The van der Waals surface area contributed by atoms with Gasteiger partial charge in [-0.05, 0) is 38.0 Å². The first kappa shape index (κ1) is 15.8. The number of alkyl halides is 1. The normalized spacial score (nSPS) is 12.0. The van der Waals surface area contributed by atoms with Crippen LogP contribution in [-0.2, 0) is 4.79 Å². The first-order valence-corrected chi connectivity index (χ1v) is 7.23. The molecule has 1 amide bonds. The summed E-state index contributed by atoms with van der Waals surface area (Å²) in [5.41, 5.74) is 0.784. The van der Waals surface area contributed by atoms with Gasteiger partial charge in [-0.3, -0.25) is 4.79 Å². The van der Waals surface area contributed by atoms with E-state index >= 15 is 0 Å². The van der Waals surface area contributed by atoms with E-state index in [1.807, 2.05) is 38.1 Å². The van der Waals surface area contributed by atoms with E-state index in [1.54, 1.807) is 4.90 Å². The molecule has 0 radical (unpaired) electrons. The zero-order valence-electron chi connectivity index (χ0n) is 11.9. The number of carbonyl (C=O) groups is 1. The molecule has 1 atom stereocenters. The van der Waals surface area contributed by atoms with Crippen LogP contribution in [0.15, 0.2) is 24.3 Å². The van der Waals surface area contributed by atoms with E-state index in [0.717, 1.165) is 17.7 Å². The van der Waals surface area contributed by atoms with E-state index in [4.69, 9.17) is 16.3 Å². The van der Waals surface area contributed by atoms with Crippen molar-refractivity contribution in [2.24, 2.45) is 0 Å². The van der Waals surface area contributed by atoms with Gasteiger partial charge in [0, 0.05) is 13.1 Å². The molecule has 0 saturated carbocycles. The number of halogens is 1. The van der Waals surface area contributed by atoms with Gasteiger partial charge in [-0.1, -0.05) is 19.1 Å². The number of rotatable bonds is 7. The third kappa shape index (κ3) is 4.43. The summed E-state index contributed by atoms with van der Waals surface area (Å²) in [5.74, 6) is 0.705. The van der Waals surface area contributed by atoms with Crippen molar-refractivity contribution in [1.29, 1.82) is 0 Å². The molecule has 1 aromatic rings. The Hall–Kier alpha value is -1.22. The highest BCUT2D eigenvalue weighted by Gasteiger charge is 2.22. The molecule has 0 aliphatic heterocycles. The van der Waals surface area contributed by atoms with Crippen molar-refractivity contribution >= 4 is 17.5 Å². The smallest absolute Gasteiger partial charge is 0.245 e. The Labute approximate surface area is 120 Å².